The van der Waals surface area contributed by atoms with Gasteiger partial charge in [-0.15, -0.1) is 0 Å². The van der Waals surface area contributed by atoms with Gasteiger partial charge in [-0.25, -0.2) is 0 Å². The minimum absolute atomic E-state index is 0.484. The number of hydrogen-bond donors (Lipinski definition) is 0. The summed E-state index contributed by atoms with van der Waals surface area (Å²) in [5.74, 6) is 1.89. The van der Waals surface area contributed by atoms with Crippen LogP contribution in [0.5, 0.6) is 0 Å². The Kier molecular flexibility index (Phi) is 6.70. The molecule has 0 saturated heterocycles. The van der Waals surface area contributed by atoms with E-state index in [9.17, 15) is 0 Å². The predicted molar refractivity (Wildman–Crippen MR) is 148 cm³/mol. The maximum absolute atomic E-state index is 4.36. The lowest BCUT2D eigenvalue weighted by Gasteiger charge is -2.27. The second-order valence-electron chi connectivity index (χ2n) is 11.7. The monoisotopic (exact) mass is 450 g/mol. The molecule has 0 N–H and O–H groups in total. The second-order valence-corrected chi connectivity index (χ2v) is 11.7. The fourth-order valence-corrected chi connectivity index (χ4v) is 6.84. The van der Waals surface area contributed by atoms with E-state index in [1.54, 1.807) is 16.7 Å². The highest BCUT2D eigenvalue weighted by Crippen LogP contribution is 2.44. The third-order valence-corrected chi connectivity index (χ3v) is 8.75. The molecule has 2 aromatic carbocycles. The molecule has 0 aromatic heterocycles. The van der Waals surface area contributed by atoms with E-state index >= 15 is 0 Å². The maximum atomic E-state index is 4.36. The lowest BCUT2D eigenvalue weighted by molar-refractivity contribution is 0.356. The van der Waals surface area contributed by atoms with E-state index in [-0.39, 0.29) is 0 Å². The van der Waals surface area contributed by atoms with Crippen molar-refractivity contribution in [2.45, 2.75) is 90.9 Å². The molecule has 0 heterocycles. The number of hydrogen-bond acceptors (Lipinski definition) is 0. The van der Waals surface area contributed by atoms with Crippen molar-refractivity contribution in [1.82, 2.24) is 0 Å². The van der Waals surface area contributed by atoms with Crippen molar-refractivity contribution in [1.29, 1.82) is 0 Å². The van der Waals surface area contributed by atoms with E-state index in [0.717, 1.165) is 31.6 Å². The molecule has 2 saturated carbocycles. The highest BCUT2D eigenvalue weighted by Gasteiger charge is 2.27. The van der Waals surface area contributed by atoms with Gasteiger partial charge in [0.05, 0.1) is 0 Å². The average molecular weight is 451 g/mol. The van der Waals surface area contributed by atoms with Gasteiger partial charge in [0, 0.05) is 5.92 Å². The van der Waals surface area contributed by atoms with Crippen molar-refractivity contribution in [2.24, 2.45) is 11.8 Å². The van der Waals surface area contributed by atoms with Crippen LogP contribution in [0, 0.1) is 18.8 Å². The van der Waals surface area contributed by atoms with Gasteiger partial charge in [-0.3, -0.25) is 0 Å². The van der Waals surface area contributed by atoms with Crippen LogP contribution >= 0.6 is 0 Å². The molecule has 0 amide bonds. The van der Waals surface area contributed by atoms with Crippen molar-refractivity contribution in [2.75, 3.05) is 0 Å². The average Bonchev–Trinajstić information content (AvgIpc) is 3.38. The molecule has 3 aliphatic rings. The topological polar surface area (TPSA) is 0 Å². The highest BCUT2D eigenvalue weighted by molar-refractivity contribution is 5.80. The summed E-state index contributed by atoms with van der Waals surface area (Å²) in [6, 6.07) is 12.0. The maximum Gasteiger partial charge on any atom is 0.00392 e. The van der Waals surface area contributed by atoms with Crippen molar-refractivity contribution in [3.8, 4) is 11.1 Å². The van der Waals surface area contributed by atoms with Crippen LogP contribution in [0.4, 0.5) is 0 Å². The molecule has 0 bridgehead atoms. The second kappa shape index (κ2) is 9.73. The predicted octanol–water partition coefficient (Wildman–Crippen LogP) is 9.76. The molecule has 0 aliphatic heterocycles. The third-order valence-electron chi connectivity index (χ3n) is 8.75. The molecule has 0 radical (unpaired) electrons. The molecule has 0 heteroatoms. The zero-order valence-corrected chi connectivity index (χ0v) is 21.7. The molecule has 178 valence electrons. The highest BCUT2D eigenvalue weighted by atomic mass is 14.3. The van der Waals surface area contributed by atoms with Crippen LogP contribution in [0.2, 0.25) is 0 Å². The number of allylic oxidation sites excluding steroid dienone is 3. The SMILES string of the molecule is C=C1CCC(=C)C1CC1=Cc2cccc(-c3cc(C)cc(C(C)C)c3CC3CCCCC3)c2C1. The van der Waals surface area contributed by atoms with Gasteiger partial charge in [0.1, 0.15) is 0 Å². The standard InChI is InChI=1S/C34H42/c1-22(2)30-16-23(3)17-33(34(30)19-26-10-7-6-8-11-26)29-13-9-12-28-18-27(21-32(28)29)20-31-24(4)14-15-25(31)5/h9,12-13,16-18,22,26,31H,4-8,10-11,14-15,19-21H2,1-3H3. The molecule has 5 rings (SSSR count). The number of aryl methyl sites for hydroxylation is 1. The van der Waals surface area contributed by atoms with Gasteiger partial charge in [-0.2, -0.15) is 0 Å². The summed E-state index contributed by atoms with van der Waals surface area (Å²) in [4.78, 5) is 0. The van der Waals surface area contributed by atoms with Crippen molar-refractivity contribution in [3.05, 3.63) is 88.0 Å². The number of rotatable bonds is 6. The van der Waals surface area contributed by atoms with Gasteiger partial charge >= 0.3 is 0 Å². The Bertz CT molecular complexity index is 1120. The first-order valence-corrected chi connectivity index (χ1v) is 13.7. The van der Waals surface area contributed by atoms with Gasteiger partial charge < -0.3 is 0 Å². The largest absolute Gasteiger partial charge is 0.0992 e. The smallest absolute Gasteiger partial charge is 0.00392 e. The minimum atomic E-state index is 0.484. The summed E-state index contributed by atoms with van der Waals surface area (Å²) in [5.41, 5.74) is 14.9. The Morgan fingerprint density at radius 2 is 1.65 bits per heavy atom. The Hall–Kier alpha value is -2.34. The quantitative estimate of drug-likeness (QED) is 0.384. The van der Waals surface area contributed by atoms with Crippen molar-refractivity contribution >= 4 is 6.08 Å². The zero-order chi connectivity index (χ0) is 23.8. The summed E-state index contributed by atoms with van der Waals surface area (Å²) < 4.78 is 0. The number of benzene rings is 2. The molecular weight excluding hydrogens is 408 g/mol. The minimum Gasteiger partial charge on any atom is -0.0992 e. The van der Waals surface area contributed by atoms with E-state index in [1.807, 2.05) is 0 Å². The Balaban J connectivity index is 1.51. The molecule has 0 atom stereocenters. The fourth-order valence-electron chi connectivity index (χ4n) is 6.84. The molecule has 0 nitrogen and oxygen atoms in total. The van der Waals surface area contributed by atoms with Crippen LogP contribution in [-0.4, -0.2) is 0 Å². The molecule has 34 heavy (non-hydrogen) atoms. The van der Waals surface area contributed by atoms with E-state index in [1.165, 1.54) is 77.5 Å². The summed E-state index contributed by atoms with van der Waals surface area (Å²) in [6.45, 7) is 15.7. The first-order chi connectivity index (χ1) is 16.4. The lowest BCUT2D eigenvalue weighted by atomic mass is 9.78. The Morgan fingerprint density at radius 3 is 2.35 bits per heavy atom. The van der Waals surface area contributed by atoms with Crippen molar-refractivity contribution in [3.63, 3.8) is 0 Å². The summed E-state index contributed by atoms with van der Waals surface area (Å²) >= 11 is 0. The lowest BCUT2D eigenvalue weighted by Crippen LogP contribution is -2.12. The third kappa shape index (κ3) is 4.61. The van der Waals surface area contributed by atoms with Gasteiger partial charge in [-0.1, -0.05) is 118 Å². The van der Waals surface area contributed by atoms with Crippen LogP contribution in [-0.2, 0) is 12.8 Å². The van der Waals surface area contributed by atoms with E-state index in [2.05, 4.69) is 70.3 Å². The van der Waals surface area contributed by atoms with Crippen LogP contribution in [0.25, 0.3) is 17.2 Å². The van der Waals surface area contributed by atoms with Crippen LogP contribution < -0.4 is 0 Å². The van der Waals surface area contributed by atoms with Gasteiger partial charge in [0.25, 0.3) is 0 Å². The molecule has 0 spiro atoms. The van der Waals surface area contributed by atoms with E-state index in [4.69, 9.17) is 0 Å². The van der Waals surface area contributed by atoms with E-state index in [0.29, 0.717) is 11.8 Å². The van der Waals surface area contributed by atoms with Gasteiger partial charge in [-0.05, 0) is 84.2 Å². The zero-order valence-electron chi connectivity index (χ0n) is 21.7. The molecule has 2 aromatic rings. The Labute approximate surface area is 207 Å². The summed E-state index contributed by atoms with van der Waals surface area (Å²) in [6.07, 6.45) is 15.2. The van der Waals surface area contributed by atoms with Gasteiger partial charge in [0.15, 0.2) is 0 Å². The normalized spacial score (nSPS) is 19.2. The fraction of sp³-hybridized carbons (Fsp3) is 0.471. The number of fused-ring (bicyclic) bond motifs is 1. The van der Waals surface area contributed by atoms with Crippen LogP contribution in [0.1, 0.15) is 98.9 Å². The van der Waals surface area contributed by atoms with Gasteiger partial charge in [0.2, 0.25) is 0 Å². The summed E-state index contributed by atoms with van der Waals surface area (Å²) in [7, 11) is 0. The van der Waals surface area contributed by atoms with Crippen LogP contribution in [0.15, 0.2) is 60.2 Å². The molecule has 2 fully saturated rings. The Morgan fingerprint density at radius 1 is 0.912 bits per heavy atom. The van der Waals surface area contributed by atoms with Crippen molar-refractivity contribution < 1.29 is 0 Å². The first-order valence-electron chi connectivity index (χ1n) is 13.7. The molecule has 3 aliphatic carbocycles. The molecule has 0 unspecified atom stereocenters. The molecular formula is C34H42. The van der Waals surface area contributed by atoms with Crippen LogP contribution in [0.3, 0.4) is 0 Å². The van der Waals surface area contributed by atoms with E-state index < -0.39 is 0 Å². The summed E-state index contributed by atoms with van der Waals surface area (Å²) in [5, 5.41) is 0. The first kappa shape index (κ1) is 23.4.